The van der Waals surface area contributed by atoms with Crippen LogP contribution in [0, 0.1) is 6.92 Å². The summed E-state index contributed by atoms with van der Waals surface area (Å²) in [7, 11) is 1.71. The summed E-state index contributed by atoms with van der Waals surface area (Å²) < 4.78 is 7.01. The molecule has 1 aliphatic rings. The third-order valence-corrected chi connectivity index (χ3v) is 7.72. The Balaban J connectivity index is 1.37. The number of anilines is 4. The van der Waals surface area contributed by atoms with Gasteiger partial charge in [0.2, 0.25) is 0 Å². The van der Waals surface area contributed by atoms with Crippen molar-refractivity contribution in [1.29, 1.82) is 0 Å². The molecule has 5 rings (SSSR count). The lowest BCUT2D eigenvalue weighted by Crippen LogP contribution is -2.26. The highest BCUT2D eigenvalue weighted by molar-refractivity contribution is 6.05. The summed E-state index contributed by atoms with van der Waals surface area (Å²) in [5.41, 5.74) is 6.50. The minimum Gasteiger partial charge on any atom is -0.368 e. The minimum absolute atomic E-state index is 0.00653. The third kappa shape index (κ3) is 6.87. The number of aryl methyl sites for hydroxylation is 1. The lowest BCUT2D eigenvalue weighted by Gasteiger charge is -2.19. The van der Waals surface area contributed by atoms with Gasteiger partial charge in [0.05, 0.1) is 0 Å². The highest BCUT2D eigenvalue weighted by Crippen LogP contribution is 2.31. The molecule has 3 aromatic carbocycles. The standard InChI is InChI=1S/C35H38N4O4/c1-22-28(11-7-12-29(22)38-32(40)23-14-16-25(17-15-23)35(2,3)4)24-19-30(34(42)39(5)21-24)36-26-9-6-10-27(20-26)37-33(41)31-13-8-18-43-31/h6-7,9-12,14-17,19-21,31,36H,8,13,18H2,1-5H3,(H,37,41)(H,38,40). The Morgan fingerprint density at radius 1 is 0.907 bits per heavy atom. The van der Waals surface area contributed by atoms with Gasteiger partial charge >= 0.3 is 0 Å². The average Bonchev–Trinajstić information content (AvgIpc) is 3.52. The Labute approximate surface area is 252 Å². The summed E-state index contributed by atoms with van der Waals surface area (Å²) in [5, 5.41) is 9.18. The maximum Gasteiger partial charge on any atom is 0.274 e. The number of amides is 2. The highest BCUT2D eigenvalue weighted by Gasteiger charge is 2.23. The molecule has 0 radical (unpaired) electrons. The molecule has 1 aromatic heterocycles. The van der Waals surface area contributed by atoms with Gasteiger partial charge in [-0.05, 0) is 84.3 Å². The van der Waals surface area contributed by atoms with Crippen LogP contribution in [0.1, 0.15) is 55.1 Å². The Bertz CT molecular complexity index is 1710. The quantitative estimate of drug-likeness (QED) is 0.225. The number of benzene rings is 3. The molecule has 0 bridgehead atoms. The van der Waals surface area contributed by atoms with Crippen LogP contribution in [-0.2, 0) is 22.0 Å². The van der Waals surface area contributed by atoms with Gasteiger partial charge in [0.15, 0.2) is 0 Å². The average molecular weight is 579 g/mol. The van der Waals surface area contributed by atoms with Crippen molar-refractivity contribution in [3.05, 3.63) is 106 Å². The summed E-state index contributed by atoms with van der Waals surface area (Å²) in [5.74, 6) is -0.355. The van der Waals surface area contributed by atoms with Crippen molar-refractivity contribution in [2.75, 3.05) is 22.6 Å². The van der Waals surface area contributed by atoms with Crippen LogP contribution in [0.3, 0.4) is 0 Å². The monoisotopic (exact) mass is 578 g/mol. The summed E-state index contributed by atoms with van der Waals surface area (Å²) in [4.78, 5) is 38.7. The number of nitrogens with zero attached hydrogens (tertiary/aromatic N) is 1. The number of ether oxygens (including phenoxy) is 1. The van der Waals surface area contributed by atoms with Crippen molar-refractivity contribution in [3.8, 4) is 11.1 Å². The van der Waals surface area contributed by atoms with Gasteiger partial charge in [0.25, 0.3) is 17.4 Å². The van der Waals surface area contributed by atoms with Crippen molar-refractivity contribution in [2.24, 2.45) is 7.05 Å². The molecule has 2 amide bonds. The topological polar surface area (TPSA) is 101 Å². The second kappa shape index (κ2) is 12.3. The van der Waals surface area contributed by atoms with Crippen LogP contribution in [-0.4, -0.2) is 29.1 Å². The van der Waals surface area contributed by atoms with Crippen molar-refractivity contribution in [1.82, 2.24) is 4.57 Å². The molecule has 2 heterocycles. The van der Waals surface area contributed by atoms with E-state index in [0.29, 0.717) is 41.3 Å². The van der Waals surface area contributed by atoms with E-state index in [1.54, 1.807) is 31.4 Å². The number of carbonyl (C=O) groups is 2. The lowest BCUT2D eigenvalue weighted by molar-refractivity contribution is -0.124. The highest BCUT2D eigenvalue weighted by atomic mass is 16.5. The van der Waals surface area contributed by atoms with E-state index in [0.717, 1.165) is 28.7 Å². The van der Waals surface area contributed by atoms with E-state index in [2.05, 4.69) is 36.7 Å². The van der Waals surface area contributed by atoms with E-state index >= 15 is 0 Å². The molecule has 8 nitrogen and oxygen atoms in total. The van der Waals surface area contributed by atoms with E-state index in [1.807, 2.05) is 61.5 Å². The van der Waals surface area contributed by atoms with Gasteiger partial charge in [-0.2, -0.15) is 0 Å². The first-order chi connectivity index (χ1) is 20.5. The summed E-state index contributed by atoms with van der Waals surface area (Å²) in [6, 6.07) is 22.5. The molecular weight excluding hydrogens is 540 g/mol. The number of nitrogens with one attached hydrogen (secondary N) is 3. The normalized spacial score (nSPS) is 14.8. The molecule has 1 unspecified atom stereocenters. The van der Waals surface area contributed by atoms with Crippen LogP contribution in [0.4, 0.5) is 22.7 Å². The molecule has 1 fully saturated rings. The number of carbonyl (C=O) groups excluding carboxylic acids is 2. The van der Waals surface area contributed by atoms with E-state index < -0.39 is 6.10 Å². The van der Waals surface area contributed by atoms with E-state index in [-0.39, 0.29) is 22.8 Å². The van der Waals surface area contributed by atoms with Gasteiger partial charge < -0.3 is 25.3 Å². The van der Waals surface area contributed by atoms with Crippen molar-refractivity contribution < 1.29 is 14.3 Å². The molecule has 1 saturated heterocycles. The summed E-state index contributed by atoms with van der Waals surface area (Å²) in [6.07, 6.45) is 2.93. The Morgan fingerprint density at radius 3 is 2.33 bits per heavy atom. The van der Waals surface area contributed by atoms with Gasteiger partial charge in [-0.15, -0.1) is 0 Å². The second-order valence-corrected chi connectivity index (χ2v) is 12.0. The molecule has 0 spiro atoms. The van der Waals surface area contributed by atoms with E-state index in [4.69, 9.17) is 4.74 Å². The van der Waals surface area contributed by atoms with Crippen LogP contribution in [0.5, 0.6) is 0 Å². The molecule has 8 heteroatoms. The number of hydrogen-bond donors (Lipinski definition) is 3. The zero-order valence-electron chi connectivity index (χ0n) is 25.3. The molecule has 222 valence electrons. The van der Waals surface area contributed by atoms with Crippen LogP contribution >= 0.6 is 0 Å². The number of hydrogen-bond acceptors (Lipinski definition) is 5. The zero-order chi connectivity index (χ0) is 30.7. The van der Waals surface area contributed by atoms with Crippen LogP contribution < -0.4 is 21.5 Å². The maximum absolute atomic E-state index is 13.1. The van der Waals surface area contributed by atoms with Crippen LogP contribution in [0.15, 0.2) is 83.8 Å². The molecule has 0 aliphatic carbocycles. The fourth-order valence-corrected chi connectivity index (χ4v) is 5.19. The predicted molar refractivity (Wildman–Crippen MR) is 172 cm³/mol. The molecule has 43 heavy (non-hydrogen) atoms. The largest absolute Gasteiger partial charge is 0.368 e. The smallest absolute Gasteiger partial charge is 0.274 e. The fraction of sp³-hybridized carbons (Fsp3) is 0.286. The van der Waals surface area contributed by atoms with Crippen LogP contribution in [0.25, 0.3) is 11.1 Å². The number of pyridine rings is 1. The van der Waals surface area contributed by atoms with Crippen molar-refractivity contribution >= 4 is 34.6 Å². The van der Waals surface area contributed by atoms with Crippen molar-refractivity contribution in [3.63, 3.8) is 0 Å². The SMILES string of the molecule is Cc1c(NC(=O)c2ccc(C(C)(C)C)cc2)cccc1-c1cc(Nc2cccc(NC(=O)C3CCCO3)c2)c(=O)n(C)c1. The number of aromatic nitrogens is 1. The Kier molecular flexibility index (Phi) is 8.50. The van der Waals surface area contributed by atoms with Gasteiger partial charge in [0, 0.05) is 48.0 Å². The first kappa shape index (κ1) is 29.8. The number of rotatable bonds is 7. The predicted octanol–water partition coefficient (Wildman–Crippen LogP) is 6.77. The first-order valence-corrected chi connectivity index (χ1v) is 14.5. The summed E-state index contributed by atoms with van der Waals surface area (Å²) in [6.45, 7) is 8.97. The van der Waals surface area contributed by atoms with Gasteiger partial charge in [0.1, 0.15) is 11.8 Å². The Morgan fingerprint density at radius 2 is 1.63 bits per heavy atom. The fourth-order valence-electron chi connectivity index (χ4n) is 5.19. The molecule has 0 saturated carbocycles. The van der Waals surface area contributed by atoms with Gasteiger partial charge in [-0.1, -0.05) is 51.1 Å². The van der Waals surface area contributed by atoms with Gasteiger partial charge in [-0.3, -0.25) is 14.4 Å². The minimum atomic E-state index is -0.432. The Hall–Kier alpha value is -4.69. The van der Waals surface area contributed by atoms with Crippen molar-refractivity contribution in [2.45, 2.75) is 52.1 Å². The molecule has 4 aromatic rings. The van der Waals surface area contributed by atoms with Crippen LogP contribution in [0.2, 0.25) is 0 Å². The molecule has 3 N–H and O–H groups in total. The first-order valence-electron chi connectivity index (χ1n) is 14.5. The van der Waals surface area contributed by atoms with E-state index in [9.17, 15) is 14.4 Å². The second-order valence-electron chi connectivity index (χ2n) is 12.0. The van der Waals surface area contributed by atoms with E-state index in [1.165, 1.54) is 4.57 Å². The lowest BCUT2D eigenvalue weighted by atomic mass is 9.86. The maximum atomic E-state index is 13.1. The third-order valence-electron chi connectivity index (χ3n) is 7.72. The molecular formula is C35H38N4O4. The molecule has 1 atom stereocenters. The van der Waals surface area contributed by atoms with Gasteiger partial charge in [-0.25, -0.2) is 0 Å². The summed E-state index contributed by atoms with van der Waals surface area (Å²) >= 11 is 0. The zero-order valence-corrected chi connectivity index (χ0v) is 25.3. The molecule has 1 aliphatic heterocycles.